The number of hydrogen-bond acceptors (Lipinski definition) is 5. The summed E-state index contributed by atoms with van der Waals surface area (Å²) in [5.74, 6) is -0.667. The van der Waals surface area contributed by atoms with E-state index in [2.05, 4.69) is 26.0 Å². The Hall–Kier alpha value is -2.30. The maximum atomic E-state index is 12.5. The molecule has 0 aliphatic heterocycles. The molecule has 28 heavy (non-hydrogen) atoms. The number of rotatable bonds is 7. The molecule has 0 aliphatic carbocycles. The largest absolute Gasteiger partial charge is 0.573 e. The molecule has 0 radical (unpaired) electrons. The van der Waals surface area contributed by atoms with Gasteiger partial charge in [0.15, 0.2) is 0 Å². The zero-order valence-electron chi connectivity index (χ0n) is 14.3. The molecule has 152 valence electrons. The average molecular weight is 464 g/mol. The second kappa shape index (κ2) is 9.76. The van der Waals surface area contributed by atoms with Gasteiger partial charge in [0.25, 0.3) is 0 Å². The monoisotopic (exact) mass is 463 g/mol. The predicted octanol–water partition coefficient (Wildman–Crippen LogP) is 3.67. The highest BCUT2D eigenvalue weighted by Crippen LogP contribution is 2.34. The molecule has 0 saturated carbocycles. The van der Waals surface area contributed by atoms with Crippen molar-refractivity contribution in [2.45, 2.75) is 25.2 Å². The third-order valence-electron chi connectivity index (χ3n) is 3.55. The quantitative estimate of drug-likeness (QED) is 0.582. The summed E-state index contributed by atoms with van der Waals surface area (Å²) < 4.78 is 46.7. The van der Waals surface area contributed by atoms with Crippen LogP contribution in [0.15, 0.2) is 53.0 Å². The van der Waals surface area contributed by atoms with E-state index in [9.17, 15) is 28.2 Å². The van der Waals surface area contributed by atoms with Gasteiger partial charge < -0.3 is 25.0 Å². The molecular weight excluding hydrogens is 447 g/mol. The Kier molecular flexibility index (Phi) is 7.67. The van der Waals surface area contributed by atoms with E-state index in [0.29, 0.717) is 4.47 Å². The van der Waals surface area contributed by atoms with Gasteiger partial charge in [0.1, 0.15) is 24.6 Å². The van der Waals surface area contributed by atoms with Gasteiger partial charge in [0.2, 0.25) is 0 Å². The molecule has 2 unspecified atom stereocenters. The van der Waals surface area contributed by atoms with Crippen LogP contribution in [0, 0.1) is 0 Å². The van der Waals surface area contributed by atoms with Crippen LogP contribution in [0.2, 0.25) is 0 Å². The minimum Gasteiger partial charge on any atom is -0.445 e. The highest BCUT2D eigenvalue weighted by Gasteiger charge is 2.34. The summed E-state index contributed by atoms with van der Waals surface area (Å²) in [7, 11) is 0. The zero-order valence-corrected chi connectivity index (χ0v) is 15.9. The van der Waals surface area contributed by atoms with Crippen molar-refractivity contribution in [3.05, 3.63) is 64.1 Å². The Bertz CT molecular complexity index is 789. The minimum absolute atomic E-state index is 0.00159. The van der Waals surface area contributed by atoms with Crippen molar-refractivity contribution in [3.8, 4) is 5.75 Å². The molecule has 0 heterocycles. The van der Waals surface area contributed by atoms with Crippen LogP contribution in [-0.4, -0.2) is 35.3 Å². The topological polar surface area (TPSA) is 88.0 Å². The van der Waals surface area contributed by atoms with E-state index in [0.717, 1.165) is 11.6 Å². The van der Waals surface area contributed by atoms with Crippen molar-refractivity contribution in [1.82, 2.24) is 5.32 Å². The van der Waals surface area contributed by atoms with Gasteiger partial charge in [0, 0.05) is 16.6 Å². The molecule has 2 rings (SSSR count). The van der Waals surface area contributed by atoms with Crippen LogP contribution in [0.5, 0.6) is 5.75 Å². The van der Waals surface area contributed by atoms with Gasteiger partial charge >= 0.3 is 12.5 Å². The van der Waals surface area contributed by atoms with E-state index in [1.807, 2.05) is 0 Å². The van der Waals surface area contributed by atoms with Gasteiger partial charge in [-0.3, -0.25) is 0 Å². The Morgan fingerprint density at radius 2 is 1.82 bits per heavy atom. The number of hydrogen-bond donors (Lipinski definition) is 3. The van der Waals surface area contributed by atoms with Gasteiger partial charge in [-0.2, -0.15) is 0 Å². The Labute approximate surface area is 167 Å². The maximum Gasteiger partial charge on any atom is 0.573 e. The van der Waals surface area contributed by atoms with Crippen LogP contribution in [-0.2, 0) is 11.3 Å². The Morgan fingerprint density at radius 3 is 2.46 bits per heavy atom. The summed E-state index contributed by atoms with van der Waals surface area (Å²) >= 11 is 3.01. The van der Waals surface area contributed by atoms with Gasteiger partial charge in [-0.1, -0.05) is 52.3 Å². The number of carbonyl (C=O) groups is 1. The fraction of sp³-hybridized carbons (Fsp3) is 0.278. The molecule has 2 atom stereocenters. The molecule has 0 saturated heterocycles. The molecular formula is C18H17BrF3NO5. The predicted molar refractivity (Wildman–Crippen MR) is 96.4 cm³/mol. The number of alkyl carbamates (subject to hydrolysis) is 1. The van der Waals surface area contributed by atoms with Crippen molar-refractivity contribution < 1.29 is 37.7 Å². The van der Waals surface area contributed by atoms with Crippen LogP contribution in [0.1, 0.15) is 17.2 Å². The SMILES string of the molecule is O=C(NCC(O)C(O)c1ccc(Br)cc1OC(F)(F)F)OCc1ccccc1. The molecule has 1 amide bonds. The Balaban J connectivity index is 1.93. The van der Waals surface area contributed by atoms with E-state index >= 15 is 0 Å². The van der Waals surface area contributed by atoms with E-state index < -0.39 is 37.0 Å². The van der Waals surface area contributed by atoms with Gasteiger partial charge in [0.05, 0.1) is 0 Å². The number of nitrogens with one attached hydrogen (secondary N) is 1. The van der Waals surface area contributed by atoms with Gasteiger partial charge in [-0.05, 0) is 17.7 Å². The Morgan fingerprint density at radius 1 is 1.14 bits per heavy atom. The van der Waals surface area contributed by atoms with E-state index in [1.54, 1.807) is 30.3 Å². The number of aliphatic hydroxyl groups is 2. The highest BCUT2D eigenvalue weighted by molar-refractivity contribution is 9.10. The van der Waals surface area contributed by atoms with Gasteiger partial charge in [-0.25, -0.2) is 4.79 Å². The highest BCUT2D eigenvalue weighted by atomic mass is 79.9. The number of aliphatic hydroxyl groups excluding tert-OH is 2. The molecule has 3 N–H and O–H groups in total. The van der Waals surface area contributed by atoms with Crippen LogP contribution in [0.3, 0.4) is 0 Å². The molecule has 2 aromatic rings. The standard InChI is InChI=1S/C18H17BrF3NO5/c19-12-6-7-13(15(8-12)28-18(20,21)22)16(25)14(24)9-23-17(26)27-10-11-4-2-1-3-5-11/h1-8,14,16,24-25H,9-10H2,(H,23,26). The first-order chi connectivity index (χ1) is 13.2. The summed E-state index contributed by atoms with van der Waals surface area (Å²) in [6.07, 6.45) is -9.15. The fourth-order valence-corrected chi connectivity index (χ4v) is 2.59. The number of amides is 1. The molecule has 0 spiro atoms. The summed E-state index contributed by atoms with van der Waals surface area (Å²) in [5, 5.41) is 22.4. The minimum atomic E-state index is -4.97. The summed E-state index contributed by atoms with van der Waals surface area (Å²) in [5.41, 5.74) is 0.467. The summed E-state index contributed by atoms with van der Waals surface area (Å²) in [4.78, 5) is 11.7. The third-order valence-corrected chi connectivity index (χ3v) is 4.05. The molecule has 10 heteroatoms. The molecule has 0 aromatic heterocycles. The normalized spacial score (nSPS) is 13.5. The number of halogens is 4. The average Bonchev–Trinajstić information content (AvgIpc) is 2.63. The molecule has 0 bridgehead atoms. The maximum absolute atomic E-state index is 12.5. The van der Waals surface area contributed by atoms with Crippen LogP contribution < -0.4 is 10.1 Å². The van der Waals surface area contributed by atoms with Crippen molar-refractivity contribution in [2.75, 3.05) is 6.54 Å². The summed E-state index contributed by atoms with van der Waals surface area (Å²) in [6.45, 7) is -0.447. The molecule has 2 aromatic carbocycles. The van der Waals surface area contributed by atoms with Crippen molar-refractivity contribution in [3.63, 3.8) is 0 Å². The van der Waals surface area contributed by atoms with Crippen LogP contribution >= 0.6 is 15.9 Å². The first kappa shape index (κ1) is 22.0. The second-order valence-corrected chi connectivity index (χ2v) is 6.60. The smallest absolute Gasteiger partial charge is 0.445 e. The lowest BCUT2D eigenvalue weighted by Crippen LogP contribution is -2.36. The fourth-order valence-electron chi connectivity index (χ4n) is 2.25. The van der Waals surface area contributed by atoms with Crippen molar-refractivity contribution in [2.24, 2.45) is 0 Å². The van der Waals surface area contributed by atoms with Crippen molar-refractivity contribution in [1.29, 1.82) is 0 Å². The first-order valence-electron chi connectivity index (χ1n) is 8.01. The van der Waals surface area contributed by atoms with Crippen molar-refractivity contribution >= 4 is 22.0 Å². The number of alkyl halides is 3. The lowest BCUT2D eigenvalue weighted by molar-refractivity contribution is -0.275. The second-order valence-electron chi connectivity index (χ2n) is 5.68. The van der Waals surface area contributed by atoms with Crippen LogP contribution in [0.25, 0.3) is 0 Å². The van der Waals surface area contributed by atoms with Gasteiger partial charge in [-0.15, -0.1) is 13.2 Å². The first-order valence-corrected chi connectivity index (χ1v) is 8.81. The number of benzene rings is 2. The third kappa shape index (κ3) is 7.02. The number of ether oxygens (including phenoxy) is 2. The molecule has 0 fully saturated rings. The number of carbonyl (C=O) groups excluding carboxylic acids is 1. The van der Waals surface area contributed by atoms with Crippen LogP contribution in [0.4, 0.5) is 18.0 Å². The lowest BCUT2D eigenvalue weighted by atomic mass is 10.0. The molecule has 0 aliphatic rings. The lowest BCUT2D eigenvalue weighted by Gasteiger charge is -2.22. The molecule has 6 nitrogen and oxygen atoms in total. The van der Waals surface area contributed by atoms with E-state index in [1.165, 1.54) is 12.1 Å². The zero-order chi connectivity index (χ0) is 20.7. The summed E-state index contributed by atoms with van der Waals surface area (Å²) in [6, 6.07) is 12.4. The van der Waals surface area contributed by atoms with E-state index in [4.69, 9.17) is 4.74 Å². The van der Waals surface area contributed by atoms with E-state index in [-0.39, 0.29) is 12.2 Å².